The van der Waals surface area contributed by atoms with Gasteiger partial charge in [0.25, 0.3) is 0 Å². The maximum Gasteiger partial charge on any atom is 0.215 e. The Labute approximate surface area is 362 Å². The molecule has 0 aromatic heterocycles. The number of hydrogen-bond acceptors (Lipinski definition) is 20. The molecule has 0 fully saturated rings. The number of Topliss-reactive ketones (excluding diaryl/α,β-unsaturated/α-hetero) is 1. The zero-order valence-corrected chi connectivity index (χ0v) is 35.1. The van der Waals surface area contributed by atoms with Crippen LogP contribution in [-0.4, -0.2) is 63.4 Å². The molecule has 324 valence electrons. The number of hydrogen-bond donors (Lipinski definition) is 2. The van der Waals surface area contributed by atoms with E-state index in [1.54, 1.807) is 24.3 Å². The molecule has 8 rings (SSSR count). The number of allylic oxidation sites excluding steroid dienone is 1. The Morgan fingerprint density at radius 2 is 1.09 bits per heavy atom. The number of carbonyl (C=O) groups excluding carboxylic acids is 1. The van der Waals surface area contributed by atoms with Crippen LogP contribution in [-0.2, 0) is 40.5 Å². The third-order valence-corrected chi connectivity index (χ3v) is 13.2. The van der Waals surface area contributed by atoms with E-state index in [2.05, 4.69) is 31.0 Å². The number of carbonyl (C=O) groups is 1. The van der Waals surface area contributed by atoms with Crippen molar-refractivity contribution >= 4 is 124 Å². The van der Waals surface area contributed by atoms with Crippen LogP contribution in [0.5, 0.6) is 0 Å². The highest BCUT2D eigenvalue weighted by Crippen LogP contribution is 2.39. The third-order valence-electron chi connectivity index (χ3n) is 9.72. The van der Waals surface area contributed by atoms with Gasteiger partial charge in [0.1, 0.15) is 46.2 Å². The Balaban J connectivity index is 1.17. The van der Waals surface area contributed by atoms with Crippen molar-refractivity contribution in [3.8, 4) is 0 Å². The fraction of sp³-hybridized carbons (Fsp3) is 0. The van der Waals surface area contributed by atoms with Gasteiger partial charge in [0.2, 0.25) is 5.78 Å². The van der Waals surface area contributed by atoms with Crippen LogP contribution in [0, 0.1) is 0 Å². The first-order chi connectivity index (χ1) is 30.1. The van der Waals surface area contributed by atoms with Crippen molar-refractivity contribution in [3.63, 3.8) is 0 Å². The number of azo groups is 2. The van der Waals surface area contributed by atoms with E-state index in [-0.39, 0.29) is 66.8 Å². The molecule has 0 atom stereocenters. The number of nitrogen functional groups attached to an aromatic ring is 1. The second-order valence-corrected chi connectivity index (χ2v) is 19.2. The zero-order chi connectivity index (χ0) is 45.9. The minimum absolute atomic E-state index is 0.00194. The number of anilines is 2. The lowest BCUT2D eigenvalue weighted by Crippen LogP contribution is -2.27. The van der Waals surface area contributed by atoms with Crippen molar-refractivity contribution in [2.24, 2.45) is 25.6 Å². The summed E-state index contributed by atoms with van der Waals surface area (Å²) in [5.74, 6) is -0.929. The molecule has 0 spiro atoms. The fourth-order valence-electron chi connectivity index (χ4n) is 6.87. The highest BCUT2D eigenvalue weighted by molar-refractivity contribution is 7.91. The van der Waals surface area contributed by atoms with Crippen molar-refractivity contribution in [2.75, 3.05) is 11.2 Å². The molecule has 64 heavy (non-hydrogen) atoms. The summed E-state index contributed by atoms with van der Waals surface area (Å²) in [7, 11) is -20.6. The molecule has 0 amide bonds. The Bertz CT molecular complexity index is 3800. The van der Waals surface area contributed by atoms with Crippen molar-refractivity contribution in [1.82, 2.24) is 0 Å². The number of rotatable bonds is 10. The maximum atomic E-state index is 13.4. The van der Waals surface area contributed by atoms with Crippen LogP contribution in [0.2, 0.25) is 0 Å². The summed E-state index contributed by atoms with van der Waals surface area (Å²) in [6.07, 6.45) is 0.951. The predicted octanol–water partition coefficient (Wildman–Crippen LogP) is 6.82. The Kier molecular flexibility index (Phi) is 10.8. The first-order valence-electron chi connectivity index (χ1n) is 17.9. The van der Waals surface area contributed by atoms with E-state index in [0.29, 0.717) is 10.8 Å². The highest BCUT2D eigenvalue weighted by Gasteiger charge is 2.30. The summed E-state index contributed by atoms with van der Waals surface area (Å²) < 4.78 is 145. The number of ketones is 1. The second-order valence-electron chi connectivity index (χ2n) is 13.8. The quantitative estimate of drug-likeness (QED) is 0.0614. The van der Waals surface area contributed by atoms with Crippen LogP contribution in [0.15, 0.2) is 160 Å². The lowest BCUT2D eigenvalue weighted by molar-refractivity contribution is 0.106. The average molecular weight is 938 g/mol. The van der Waals surface area contributed by atoms with Gasteiger partial charge in [-0.15, -0.1) is 15.3 Å². The summed E-state index contributed by atoms with van der Waals surface area (Å²) in [4.78, 5) is 10.2. The molecule has 20 nitrogen and oxygen atoms in total. The van der Waals surface area contributed by atoms with Crippen molar-refractivity contribution < 1.29 is 56.7 Å². The van der Waals surface area contributed by atoms with E-state index in [0.717, 1.165) is 42.5 Å². The molecule has 0 saturated heterocycles. The van der Waals surface area contributed by atoms with Crippen molar-refractivity contribution in [3.05, 3.63) is 131 Å². The average Bonchev–Trinajstić information content (AvgIpc) is 3.22. The van der Waals surface area contributed by atoms with Gasteiger partial charge < -0.3 is 23.9 Å². The van der Waals surface area contributed by atoms with Gasteiger partial charge in [-0.25, -0.2) is 33.7 Å². The molecule has 1 aliphatic carbocycles. The third kappa shape index (κ3) is 8.49. The number of hydrazone groups is 1. The zero-order valence-electron chi connectivity index (χ0n) is 31.8. The van der Waals surface area contributed by atoms with Gasteiger partial charge in [-0.05, 0) is 84.4 Å². The maximum absolute atomic E-state index is 13.4. The molecule has 0 unspecified atom stereocenters. The van der Waals surface area contributed by atoms with Crippen molar-refractivity contribution in [2.45, 2.75) is 14.7 Å². The predicted molar refractivity (Wildman–Crippen MR) is 228 cm³/mol. The summed E-state index contributed by atoms with van der Waals surface area (Å²) in [5, 5.41) is 21.4. The first-order valence-corrected chi connectivity index (χ1v) is 23.5. The summed E-state index contributed by atoms with van der Waals surface area (Å²) in [5.41, 5.74) is 8.08. The molecule has 7 aromatic rings. The minimum Gasteiger partial charge on any atom is -0.744 e. The van der Waals surface area contributed by atoms with E-state index in [9.17, 15) is 56.7 Å². The van der Waals surface area contributed by atoms with Gasteiger partial charge in [0.15, 0.2) is 0 Å². The molecular weight excluding hydrogens is 915 g/mol. The Morgan fingerprint density at radius 3 is 1.70 bits per heavy atom. The molecule has 1 aliphatic rings. The number of fused-ring (bicyclic) bond motifs is 4. The van der Waals surface area contributed by atoms with Crippen molar-refractivity contribution in [1.29, 1.82) is 0 Å². The number of benzene rings is 7. The lowest BCUT2D eigenvalue weighted by atomic mass is 9.94. The van der Waals surface area contributed by atoms with Crippen LogP contribution >= 0.6 is 0 Å². The SMILES string of the molecule is Nc1ccc2c(c1)C=C(S(=O)(=O)[O-])C(=NNc1ccc(N=Nc3ccc(N=Nc4cc(S(=O)(=O)[O-])c5cccc(S(=O)(=O)[O-])c5c4)c4ccccc34)c3ccc(S(=O)(=O)[O-])cc13)C2=O. The summed E-state index contributed by atoms with van der Waals surface area (Å²) >= 11 is 0. The van der Waals surface area contributed by atoms with Crippen LogP contribution in [0.4, 0.5) is 34.1 Å². The Hall–Kier alpha value is -7.16. The number of nitrogens with one attached hydrogen (secondary N) is 1. The molecule has 3 N–H and O–H groups in total. The smallest absolute Gasteiger partial charge is 0.215 e. The molecule has 0 heterocycles. The van der Waals surface area contributed by atoms with Gasteiger partial charge in [-0.1, -0.05) is 42.5 Å². The summed E-state index contributed by atoms with van der Waals surface area (Å²) in [6, 6.07) is 24.9. The van der Waals surface area contributed by atoms with E-state index < -0.39 is 71.6 Å². The monoisotopic (exact) mass is 937 g/mol. The van der Waals surface area contributed by atoms with Gasteiger partial charge in [-0.3, -0.25) is 10.2 Å². The lowest BCUT2D eigenvalue weighted by Gasteiger charge is -2.20. The minimum atomic E-state index is -5.27. The van der Waals surface area contributed by atoms with Gasteiger partial charge >= 0.3 is 0 Å². The first kappa shape index (κ1) is 43.5. The van der Waals surface area contributed by atoms with Crippen LogP contribution in [0.1, 0.15) is 15.9 Å². The molecule has 24 heteroatoms. The van der Waals surface area contributed by atoms with Gasteiger partial charge in [-0.2, -0.15) is 10.2 Å². The van der Waals surface area contributed by atoms with E-state index in [4.69, 9.17) is 5.73 Å². The molecular formula is C40H23N7O13S4-4. The van der Waals surface area contributed by atoms with Crippen LogP contribution < -0.4 is 11.2 Å². The standard InChI is InChI=1S/C40H27N7O13S4/c41-22-8-10-25-21(16-22)17-38(64(58,59)60)39(40(25)48)47-46-35-15-14-34(28-11-9-24(20-30(28)35)61(49,50)51)45-44-33-13-12-32(26-4-1-2-5-27(26)33)43-42-23-18-31-29(37(19-23)63(55,56)57)6-3-7-36(31)62(52,53)54/h1-20,46H,41H2,(H,49,50,51)(H,52,53,54)(H,55,56,57)(H,58,59,60)/p-4. The molecule has 7 aromatic carbocycles. The van der Waals surface area contributed by atoms with Crippen LogP contribution in [0.3, 0.4) is 0 Å². The molecule has 0 radical (unpaired) electrons. The molecule has 0 bridgehead atoms. The normalized spacial score (nSPS) is 14.5. The Morgan fingerprint density at radius 1 is 0.500 bits per heavy atom. The van der Waals surface area contributed by atoms with E-state index in [1.807, 2.05) is 0 Å². The van der Waals surface area contributed by atoms with E-state index >= 15 is 0 Å². The molecule has 0 aliphatic heterocycles. The van der Waals surface area contributed by atoms with Gasteiger partial charge in [0.05, 0.1) is 48.0 Å². The van der Waals surface area contributed by atoms with Gasteiger partial charge in [0, 0.05) is 43.6 Å². The second kappa shape index (κ2) is 15.9. The van der Waals surface area contributed by atoms with Crippen LogP contribution in [0.25, 0.3) is 38.4 Å². The fourth-order valence-corrected chi connectivity index (χ4v) is 9.41. The largest absolute Gasteiger partial charge is 0.744 e. The number of nitrogens with zero attached hydrogens (tertiary/aromatic N) is 5. The summed E-state index contributed by atoms with van der Waals surface area (Å²) in [6.45, 7) is 0. The topological polar surface area (TPSA) is 346 Å². The highest BCUT2D eigenvalue weighted by atomic mass is 32.2. The molecule has 0 saturated carbocycles. The number of nitrogens with two attached hydrogens (primary N) is 1. The van der Waals surface area contributed by atoms with E-state index in [1.165, 1.54) is 54.6 Å².